The zero-order valence-electron chi connectivity index (χ0n) is 11.9. The molecule has 0 unspecified atom stereocenters. The summed E-state index contributed by atoms with van der Waals surface area (Å²) < 4.78 is 52.9. The molecular formula is C15H13F2N3O2S. The van der Waals surface area contributed by atoms with Crippen LogP contribution in [-0.2, 0) is 16.4 Å². The molecule has 0 aliphatic rings. The van der Waals surface area contributed by atoms with Gasteiger partial charge < -0.3 is 5.73 Å². The van der Waals surface area contributed by atoms with E-state index >= 15 is 0 Å². The average molecular weight is 337 g/mol. The fourth-order valence-electron chi connectivity index (χ4n) is 2.38. The normalized spacial score (nSPS) is 12.0. The van der Waals surface area contributed by atoms with E-state index in [1.807, 2.05) is 0 Å². The van der Waals surface area contributed by atoms with Gasteiger partial charge >= 0.3 is 0 Å². The third-order valence-corrected chi connectivity index (χ3v) is 5.13. The van der Waals surface area contributed by atoms with Crippen molar-refractivity contribution in [3.63, 3.8) is 0 Å². The van der Waals surface area contributed by atoms with Gasteiger partial charge in [-0.05, 0) is 48.9 Å². The second kappa shape index (κ2) is 5.71. The first-order chi connectivity index (χ1) is 10.9. The van der Waals surface area contributed by atoms with Gasteiger partial charge in [-0.1, -0.05) is 0 Å². The van der Waals surface area contributed by atoms with Crippen LogP contribution in [0.2, 0.25) is 0 Å². The van der Waals surface area contributed by atoms with Crippen LogP contribution < -0.4 is 5.73 Å². The van der Waals surface area contributed by atoms with E-state index in [2.05, 4.69) is 4.98 Å². The molecule has 0 aliphatic heterocycles. The van der Waals surface area contributed by atoms with Crippen LogP contribution in [0.25, 0.3) is 11.0 Å². The third kappa shape index (κ3) is 2.60. The summed E-state index contributed by atoms with van der Waals surface area (Å²) in [4.78, 5) is 3.85. The number of pyridine rings is 1. The van der Waals surface area contributed by atoms with Crippen molar-refractivity contribution in [2.45, 2.75) is 11.3 Å². The van der Waals surface area contributed by atoms with Gasteiger partial charge in [0.25, 0.3) is 10.0 Å². The smallest absolute Gasteiger partial charge is 0.268 e. The number of nitrogens with two attached hydrogens (primary N) is 1. The van der Waals surface area contributed by atoms with E-state index in [9.17, 15) is 17.2 Å². The lowest BCUT2D eigenvalue weighted by molar-refractivity contribution is 0.504. The summed E-state index contributed by atoms with van der Waals surface area (Å²) in [6.45, 7) is 0.334. The Morgan fingerprint density at radius 2 is 1.96 bits per heavy atom. The highest BCUT2D eigenvalue weighted by atomic mass is 32.2. The van der Waals surface area contributed by atoms with Crippen molar-refractivity contribution in [1.29, 1.82) is 0 Å². The minimum atomic E-state index is -4.07. The van der Waals surface area contributed by atoms with Gasteiger partial charge in [-0.25, -0.2) is 21.2 Å². The monoisotopic (exact) mass is 337 g/mol. The summed E-state index contributed by atoms with van der Waals surface area (Å²) in [5, 5.41) is 0. The largest absolute Gasteiger partial charge is 0.330 e. The van der Waals surface area contributed by atoms with Gasteiger partial charge in [0, 0.05) is 12.4 Å². The number of hydrogen-bond acceptors (Lipinski definition) is 4. The average Bonchev–Trinajstić information content (AvgIpc) is 2.90. The first-order valence-electron chi connectivity index (χ1n) is 6.81. The van der Waals surface area contributed by atoms with Crippen LogP contribution in [0.1, 0.15) is 5.56 Å². The van der Waals surface area contributed by atoms with Crippen molar-refractivity contribution in [3.8, 4) is 0 Å². The van der Waals surface area contributed by atoms with Gasteiger partial charge in [0.1, 0.15) is 0 Å². The van der Waals surface area contributed by atoms with Gasteiger partial charge in [0.05, 0.1) is 15.9 Å². The Morgan fingerprint density at radius 1 is 1.17 bits per heavy atom. The maximum Gasteiger partial charge on any atom is 0.268 e. The molecule has 8 heteroatoms. The first-order valence-corrected chi connectivity index (χ1v) is 8.25. The molecule has 0 fully saturated rings. The van der Waals surface area contributed by atoms with E-state index in [-0.39, 0.29) is 4.90 Å². The molecule has 3 rings (SSSR count). The topological polar surface area (TPSA) is 78.0 Å². The highest BCUT2D eigenvalue weighted by molar-refractivity contribution is 7.90. The summed E-state index contributed by atoms with van der Waals surface area (Å²) in [5.74, 6) is -2.32. The van der Waals surface area contributed by atoms with Crippen LogP contribution in [-0.4, -0.2) is 23.9 Å². The lowest BCUT2D eigenvalue weighted by Crippen LogP contribution is -2.12. The fraction of sp³-hybridized carbons (Fsp3) is 0.133. The van der Waals surface area contributed by atoms with Crippen molar-refractivity contribution in [1.82, 2.24) is 8.96 Å². The summed E-state index contributed by atoms with van der Waals surface area (Å²) in [5.41, 5.74) is 7.09. The molecule has 2 heterocycles. The third-order valence-electron chi connectivity index (χ3n) is 3.46. The lowest BCUT2D eigenvalue weighted by Gasteiger charge is -2.07. The predicted molar refractivity (Wildman–Crippen MR) is 81.4 cm³/mol. The summed E-state index contributed by atoms with van der Waals surface area (Å²) in [6, 6.07) is 5.67. The lowest BCUT2D eigenvalue weighted by atomic mass is 10.2. The number of hydrogen-bond donors (Lipinski definition) is 1. The van der Waals surface area contributed by atoms with Gasteiger partial charge in [0.2, 0.25) is 0 Å². The van der Waals surface area contributed by atoms with Crippen LogP contribution >= 0.6 is 0 Å². The van der Waals surface area contributed by atoms with Crippen molar-refractivity contribution < 1.29 is 17.2 Å². The minimum absolute atomic E-state index is 0.334. The van der Waals surface area contributed by atoms with Crippen molar-refractivity contribution in [2.24, 2.45) is 5.73 Å². The molecule has 0 aliphatic carbocycles. The number of fused-ring (bicyclic) bond motifs is 1. The van der Waals surface area contributed by atoms with Crippen molar-refractivity contribution in [3.05, 3.63) is 59.9 Å². The van der Waals surface area contributed by atoms with Crippen molar-refractivity contribution in [2.75, 3.05) is 6.54 Å². The van der Waals surface area contributed by atoms with E-state index < -0.39 is 21.7 Å². The van der Waals surface area contributed by atoms with Crippen LogP contribution in [0.5, 0.6) is 0 Å². The first kappa shape index (κ1) is 15.6. The standard InChI is InChI=1S/C15H13F2N3O2S/c16-12-4-3-11(8-13(12)17)23(21,22)20-9-10(5-6-18)15-14(20)2-1-7-19-15/h1-4,7-9H,5-6,18H2. The van der Waals surface area contributed by atoms with E-state index in [4.69, 9.17) is 5.73 Å². The Bertz CT molecular complexity index is 984. The van der Waals surface area contributed by atoms with E-state index in [0.29, 0.717) is 35.6 Å². The second-order valence-electron chi connectivity index (χ2n) is 4.94. The molecular weight excluding hydrogens is 324 g/mol. The molecule has 1 aromatic carbocycles. The highest BCUT2D eigenvalue weighted by Crippen LogP contribution is 2.25. The fourth-order valence-corrected chi connectivity index (χ4v) is 3.77. The molecule has 3 aromatic rings. The van der Waals surface area contributed by atoms with Gasteiger partial charge in [-0.2, -0.15) is 0 Å². The SMILES string of the molecule is NCCc1cn(S(=O)(=O)c2ccc(F)c(F)c2)c2cccnc12. The van der Waals surface area contributed by atoms with Crippen LogP contribution in [0, 0.1) is 11.6 Å². The molecule has 5 nitrogen and oxygen atoms in total. The van der Waals surface area contributed by atoms with Gasteiger partial charge in [0.15, 0.2) is 11.6 Å². The molecule has 0 amide bonds. The Balaban J connectivity index is 2.24. The van der Waals surface area contributed by atoms with Crippen molar-refractivity contribution >= 4 is 21.1 Å². The number of nitrogens with zero attached hydrogens (tertiary/aromatic N) is 2. The Morgan fingerprint density at radius 3 is 2.65 bits per heavy atom. The molecule has 2 N–H and O–H groups in total. The van der Waals surface area contributed by atoms with Crippen LogP contribution in [0.4, 0.5) is 8.78 Å². The van der Waals surface area contributed by atoms with Gasteiger partial charge in [-0.3, -0.25) is 4.98 Å². The minimum Gasteiger partial charge on any atom is -0.330 e. The van der Waals surface area contributed by atoms with Crippen LogP contribution in [0.15, 0.2) is 47.6 Å². The summed E-state index contributed by atoms with van der Waals surface area (Å²) >= 11 is 0. The molecule has 0 atom stereocenters. The van der Waals surface area contributed by atoms with Gasteiger partial charge in [-0.15, -0.1) is 0 Å². The molecule has 120 valence electrons. The van der Waals surface area contributed by atoms with Crippen LogP contribution in [0.3, 0.4) is 0 Å². The zero-order valence-corrected chi connectivity index (χ0v) is 12.7. The second-order valence-corrected chi connectivity index (χ2v) is 6.76. The Hall–Kier alpha value is -2.32. The molecule has 0 bridgehead atoms. The molecule has 0 saturated carbocycles. The summed E-state index contributed by atoms with van der Waals surface area (Å²) in [6.07, 6.45) is 3.42. The Labute approximate surface area is 131 Å². The molecule has 2 aromatic heterocycles. The predicted octanol–water partition coefficient (Wildman–Crippen LogP) is 2.05. The number of benzene rings is 1. The quantitative estimate of drug-likeness (QED) is 0.790. The zero-order chi connectivity index (χ0) is 16.6. The number of rotatable bonds is 4. The molecule has 0 spiro atoms. The van der Waals surface area contributed by atoms with E-state index in [0.717, 1.165) is 16.1 Å². The number of halogens is 2. The van der Waals surface area contributed by atoms with E-state index in [1.165, 1.54) is 6.20 Å². The number of aromatic nitrogens is 2. The van der Waals surface area contributed by atoms with E-state index in [1.54, 1.807) is 18.3 Å². The Kier molecular flexibility index (Phi) is 3.87. The molecule has 0 saturated heterocycles. The highest BCUT2D eigenvalue weighted by Gasteiger charge is 2.22. The maximum atomic E-state index is 13.4. The summed E-state index contributed by atoms with van der Waals surface area (Å²) in [7, 11) is -4.07. The maximum absolute atomic E-state index is 13.4. The molecule has 23 heavy (non-hydrogen) atoms. The molecule has 0 radical (unpaired) electrons.